The summed E-state index contributed by atoms with van der Waals surface area (Å²) in [6.45, 7) is 0. The topological polar surface area (TPSA) is 55.6 Å². The molecule has 6 heteroatoms. The van der Waals surface area contributed by atoms with E-state index in [1.165, 1.54) is 19.1 Å². The molecule has 4 nitrogen and oxygen atoms in total. The van der Waals surface area contributed by atoms with E-state index < -0.39 is 28.8 Å². The van der Waals surface area contributed by atoms with Crippen LogP contribution >= 0.6 is 0 Å². The van der Waals surface area contributed by atoms with Gasteiger partial charge in [-0.15, -0.1) is 0 Å². The Balaban J connectivity index is 2.45. The molecular weight excluding hydrogens is 278 g/mol. The Kier molecular flexibility index (Phi) is 4.07. The Hall–Kier alpha value is -2.63. The van der Waals surface area contributed by atoms with Crippen LogP contribution in [0.25, 0.3) is 0 Å². The Labute approximate surface area is 120 Å². The highest BCUT2D eigenvalue weighted by Crippen LogP contribution is 2.29. The van der Waals surface area contributed by atoms with Crippen LogP contribution in [-0.4, -0.2) is 20.1 Å². The zero-order chi connectivity index (χ0) is 15.6. The number of ether oxygens (including phenoxy) is 1. The molecule has 2 rings (SSSR count). The van der Waals surface area contributed by atoms with Gasteiger partial charge in [0.2, 0.25) is 0 Å². The fraction of sp³-hybridized carbons (Fsp3) is 0.133. The first kappa shape index (κ1) is 14.8. The van der Waals surface area contributed by atoms with Gasteiger partial charge >= 0.3 is 0 Å². The first-order valence-corrected chi connectivity index (χ1v) is 6.11. The van der Waals surface area contributed by atoms with E-state index in [1.807, 2.05) is 0 Å². The number of nitrogens with two attached hydrogens (primary N) is 1. The van der Waals surface area contributed by atoms with E-state index in [0.29, 0.717) is 11.4 Å². The molecule has 0 bridgehead atoms. The number of rotatable bonds is 3. The van der Waals surface area contributed by atoms with Gasteiger partial charge in [0, 0.05) is 7.05 Å². The smallest absolute Gasteiger partial charge is 0.261 e. The number of nitrogen functional groups attached to an aromatic ring is 1. The summed E-state index contributed by atoms with van der Waals surface area (Å²) in [6, 6.07) is 8.39. The highest BCUT2D eigenvalue weighted by atomic mass is 19.1. The van der Waals surface area contributed by atoms with Gasteiger partial charge in [-0.3, -0.25) is 4.79 Å². The molecule has 2 aromatic rings. The third-order valence-electron chi connectivity index (χ3n) is 3.05. The predicted octanol–water partition coefficient (Wildman–Crippen LogP) is 2.83. The van der Waals surface area contributed by atoms with Crippen molar-refractivity contribution in [2.24, 2.45) is 0 Å². The summed E-state index contributed by atoms with van der Waals surface area (Å²) in [7, 11) is 2.90. The van der Waals surface area contributed by atoms with Crippen molar-refractivity contribution in [2.75, 3.05) is 24.8 Å². The maximum Gasteiger partial charge on any atom is 0.261 e. The fourth-order valence-corrected chi connectivity index (χ4v) is 1.96. The number of para-hydroxylation sites is 2. The van der Waals surface area contributed by atoms with E-state index in [0.717, 1.165) is 12.1 Å². The van der Waals surface area contributed by atoms with Crippen LogP contribution in [0.2, 0.25) is 0 Å². The third-order valence-corrected chi connectivity index (χ3v) is 3.05. The van der Waals surface area contributed by atoms with Crippen LogP contribution in [-0.2, 0) is 0 Å². The van der Waals surface area contributed by atoms with Crippen molar-refractivity contribution in [3.8, 4) is 5.75 Å². The number of amides is 1. The predicted molar refractivity (Wildman–Crippen MR) is 76.5 cm³/mol. The molecule has 0 fully saturated rings. The molecule has 0 aliphatic rings. The lowest BCUT2D eigenvalue weighted by molar-refractivity contribution is 0.0988. The molecule has 0 saturated heterocycles. The molecule has 0 spiro atoms. The van der Waals surface area contributed by atoms with Gasteiger partial charge in [0.15, 0.2) is 5.82 Å². The minimum Gasteiger partial charge on any atom is -0.495 e. The molecule has 0 heterocycles. The maximum absolute atomic E-state index is 13.9. The first-order valence-electron chi connectivity index (χ1n) is 6.11. The third kappa shape index (κ3) is 2.79. The molecule has 0 radical (unpaired) electrons. The number of hydrogen-bond donors (Lipinski definition) is 1. The van der Waals surface area contributed by atoms with Crippen molar-refractivity contribution in [1.82, 2.24) is 0 Å². The van der Waals surface area contributed by atoms with Gasteiger partial charge in [0.05, 0.1) is 24.0 Å². The first-order chi connectivity index (χ1) is 9.95. The Morgan fingerprint density at radius 3 is 2.57 bits per heavy atom. The summed E-state index contributed by atoms with van der Waals surface area (Å²) < 4.78 is 32.4. The zero-order valence-electron chi connectivity index (χ0n) is 11.6. The Morgan fingerprint density at radius 1 is 1.24 bits per heavy atom. The molecule has 0 unspecified atom stereocenters. The number of carbonyl (C=O) groups is 1. The van der Waals surface area contributed by atoms with E-state index in [1.54, 1.807) is 24.3 Å². The molecule has 110 valence electrons. The van der Waals surface area contributed by atoms with Crippen LogP contribution in [0.4, 0.5) is 20.2 Å². The average Bonchev–Trinajstić information content (AvgIpc) is 2.49. The van der Waals surface area contributed by atoms with Crippen molar-refractivity contribution < 1.29 is 18.3 Å². The molecule has 0 saturated carbocycles. The van der Waals surface area contributed by atoms with Crippen molar-refractivity contribution in [3.05, 3.63) is 53.6 Å². The number of halogens is 2. The van der Waals surface area contributed by atoms with E-state index in [2.05, 4.69) is 0 Å². The van der Waals surface area contributed by atoms with E-state index in [9.17, 15) is 13.6 Å². The van der Waals surface area contributed by atoms with Crippen molar-refractivity contribution in [1.29, 1.82) is 0 Å². The molecule has 0 aliphatic carbocycles. The number of carbonyl (C=O) groups excluding carboxylic acids is 1. The molecule has 2 aromatic carbocycles. The SMILES string of the molecule is COc1ccccc1N(C)C(=O)c1cc(F)cc(N)c1F. The number of benzene rings is 2. The number of hydrogen-bond acceptors (Lipinski definition) is 3. The molecule has 2 N–H and O–H groups in total. The summed E-state index contributed by atoms with van der Waals surface area (Å²) in [5.41, 5.74) is 4.94. The van der Waals surface area contributed by atoms with Crippen LogP contribution < -0.4 is 15.4 Å². The van der Waals surface area contributed by atoms with Crippen molar-refractivity contribution in [2.45, 2.75) is 0 Å². The van der Waals surface area contributed by atoms with Gasteiger partial charge < -0.3 is 15.4 Å². The highest BCUT2D eigenvalue weighted by Gasteiger charge is 2.22. The quantitative estimate of drug-likeness (QED) is 0.885. The summed E-state index contributed by atoms with van der Waals surface area (Å²) in [4.78, 5) is 13.5. The standard InChI is InChI=1S/C15H14F2N2O2/c1-19(12-5-3-4-6-13(12)21-2)15(20)10-7-9(16)8-11(18)14(10)17/h3-8H,18H2,1-2H3. The molecule has 21 heavy (non-hydrogen) atoms. The van der Waals surface area contributed by atoms with Crippen LogP contribution in [0, 0.1) is 11.6 Å². The average molecular weight is 292 g/mol. The second-order valence-electron chi connectivity index (χ2n) is 4.39. The number of nitrogens with zero attached hydrogens (tertiary/aromatic N) is 1. The van der Waals surface area contributed by atoms with Crippen LogP contribution in [0.5, 0.6) is 5.75 Å². The normalized spacial score (nSPS) is 10.3. The van der Waals surface area contributed by atoms with Crippen LogP contribution in [0.1, 0.15) is 10.4 Å². The summed E-state index contributed by atoms with van der Waals surface area (Å²) in [5, 5.41) is 0. The maximum atomic E-state index is 13.9. The Bertz CT molecular complexity index is 689. The van der Waals surface area contributed by atoms with Crippen LogP contribution in [0.3, 0.4) is 0 Å². The van der Waals surface area contributed by atoms with E-state index in [-0.39, 0.29) is 0 Å². The molecular formula is C15H14F2N2O2. The van der Waals surface area contributed by atoms with E-state index in [4.69, 9.17) is 10.5 Å². The molecule has 0 aliphatic heterocycles. The van der Waals surface area contributed by atoms with Crippen LogP contribution in [0.15, 0.2) is 36.4 Å². The molecule has 1 amide bonds. The molecule has 0 atom stereocenters. The number of methoxy groups -OCH3 is 1. The lowest BCUT2D eigenvalue weighted by Crippen LogP contribution is -2.28. The summed E-state index contributed by atoms with van der Waals surface area (Å²) in [6.07, 6.45) is 0. The van der Waals surface area contributed by atoms with E-state index >= 15 is 0 Å². The van der Waals surface area contributed by atoms with Gasteiger partial charge in [0.25, 0.3) is 5.91 Å². The van der Waals surface area contributed by atoms with Gasteiger partial charge in [-0.25, -0.2) is 8.78 Å². The monoisotopic (exact) mass is 292 g/mol. The largest absolute Gasteiger partial charge is 0.495 e. The number of anilines is 2. The highest BCUT2D eigenvalue weighted by molar-refractivity contribution is 6.07. The minimum atomic E-state index is -0.942. The minimum absolute atomic E-state index is 0.410. The van der Waals surface area contributed by atoms with Gasteiger partial charge in [0.1, 0.15) is 11.6 Å². The van der Waals surface area contributed by atoms with Gasteiger partial charge in [-0.2, -0.15) is 0 Å². The van der Waals surface area contributed by atoms with Gasteiger partial charge in [-0.1, -0.05) is 12.1 Å². The fourth-order valence-electron chi connectivity index (χ4n) is 1.96. The lowest BCUT2D eigenvalue weighted by atomic mass is 10.1. The second kappa shape index (κ2) is 5.78. The lowest BCUT2D eigenvalue weighted by Gasteiger charge is -2.20. The van der Waals surface area contributed by atoms with Crippen molar-refractivity contribution in [3.63, 3.8) is 0 Å². The Morgan fingerprint density at radius 2 is 1.90 bits per heavy atom. The van der Waals surface area contributed by atoms with Crippen molar-refractivity contribution >= 4 is 17.3 Å². The summed E-state index contributed by atoms with van der Waals surface area (Å²) >= 11 is 0. The summed E-state index contributed by atoms with van der Waals surface area (Å²) in [5.74, 6) is -1.99. The second-order valence-corrected chi connectivity index (χ2v) is 4.39. The molecule has 0 aromatic heterocycles. The van der Waals surface area contributed by atoms with Gasteiger partial charge in [-0.05, 0) is 24.3 Å². The zero-order valence-corrected chi connectivity index (χ0v) is 11.6.